The van der Waals surface area contributed by atoms with Crippen LogP contribution in [-0.2, 0) is 22.8 Å². The number of nitrogens with zero attached hydrogens (tertiary/aromatic N) is 3. The number of halogens is 2. The van der Waals surface area contributed by atoms with Crippen molar-refractivity contribution in [1.29, 1.82) is 0 Å². The van der Waals surface area contributed by atoms with Crippen molar-refractivity contribution >= 4 is 20.9 Å². The van der Waals surface area contributed by atoms with Crippen molar-refractivity contribution < 1.29 is 26.7 Å². The van der Waals surface area contributed by atoms with Gasteiger partial charge in [0.25, 0.3) is 0 Å². The van der Waals surface area contributed by atoms with Gasteiger partial charge in [-0.3, -0.25) is 0 Å². The van der Waals surface area contributed by atoms with Crippen LogP contribution in [0.1, 0.15) is 5.56 Å². The lowest BCUT2D eigenvalue weighted by Gasteiger charge is -2.15. The average molecular weight is 488 g/mol. The van der Waals surface area contributed by atoms with Crippen LogP contribution in [0.3, 0.4) is 0 Å². The highest BCUT2D eigenvalue weighted by molar-refractivity contribution is 7.88. The molecule has 0 unspecified atom stereocenters. The molecule has 0 saturated carbocycles. The Bertz CT molecular complexity index is 1480. The minimum Gasteiger partial charge on any atom is -0.479 e. The van der Waals surface area contributed by atoms with Gasteiger partial charge in [0.15, 0.2) is 11.6 Å². The van der Waals surface area contributed by atoms with E-state index in [1.165, 1.54) is 27.3 Å². The average Bonchev–Trinajstić information content (AvgIpc) is 3.13. The second-order valence-electron chi connectivity index (χ2n) is 7.92. The second kappa shape index (κ2) is 9.03. The maximum atomic E-state index is 14.3. The molecule has 2 aromatic carbocycles. The van der Waals surface area contributed by atoms with Gasteiger partial charge in [0.05, 0.1) is 12.9 Å². The zero-order valence-electron chi connectivity index (χ0n) is 19.0. The first-order chi connectivity index (χ1) is 16.1. The number of ether oxygens (including phenoxy) is 2. The third-order valence-corrected chi connectivity index (χ3v) is 7.21. The Kier molecular flexibility index (Phi) is 6.28. The molecule has 0 aliphatic carbocycles. The summed E-state index contributed by atoms with van der Waals surface area (Å²) in [6, 6.07) is 9.73. The molecule has 0 spiro atoms. The first-order valence-corrected chi connectivity index (χ1v) is 11.9. The van der Waals surface area contributed by atoms with Gasteiger partial charge in [-0.15, -0.1) is 0 Å². The molecule has 0 N–H and O–H groups in total. The number of fused-ring (bicyclic) bond motifs is 1. The molecule has 4 aromatic rings. The van der Waals surface area contributed by atoms with E-state index in [9.17, 15) is 17.2 Å². The molecular weight excluding hydrogens is 464 g/mol. The third kappa shape index (κ3) is 4.46. The Morgan fingerprint density at radius 3 is 2.44 bits per heavy atom. The highest BCUT2D eigenvalue weighted by Crippen LogP contribution is 2.41. The number of methoxy groups -OCH3 is 1. The van der Waals surface area contributed by atoms with Crippen molar-refractivity contribution in [3.63, 3.8) is 0 Å². The van der Waals surface area contributed by atoms with E-state index in [1.54, 1.807) is 30.5 Å². The van der Waals surface area contributed by atoms with Crippen LogP contribution in [0.4, 0.5) is 8.78 Å². The van der Waals surface area contributed by atoms with Crippen LogP contribution in [0, 0.1) is 11.6 Å². The van der Waals surface area contributed by atoms with E-state index in [-0.39, 0.29) is 17.3 Å². The molecule has 178 valence electrons. The molecule has 0 fully saturated rings. The minimum absolute atomic E-state index is 0.157. The molecule has 0 bridgehead atoms. The summed E-state index contributed by atoms with van der Waals surface area (Å²) in [5, 5.41) is 0.784. The summed E-state index contributed by atoms with van der Waals surface area (Å²) in [6.07, 6.45) is 3.44. The SMILES string of the molecule is COc1nccc2c(-c3cc(CS(=O)(=O)N(C)C)ccc3Oc3ccc(F)cc3F)cn(C)c12. The molecule has 2 heterocycles. The van der Waals surface area contributed by atoms with E-state index in [1.807, 2.05) is 17.8 Å². The second-order valence-corrected chi connectivity index (χ2v) is 10.1. The van der Waals surface area contributed by atoms with Crippen molar-refractivity contribution in [2.45, 2.75) is 5.75 Å². The first-order valence-electron chi connectivity index (χ1n) is 10.2. The van der Waals surface area contributed by atoms with Crippen LogP contribution in [0.25, 0.3) is 22.0 Å². The number of hydrogen-bond donors (Lipinski definition) is 0. The Morgan fingerprint density at radius 1 is 1.03 bits per heavy atom. The summed E-state index contributed by atoms with van der Waals surface area (Å²) in [4.78, 5) is 4.24. The van der Waals surface area contributed by atoms with Gasteiger partial charge in [-0.05, 0) is 35.9 Å². The summed E-state index contributed by atoms with van der Waals surface area (Å²) in [5.41, 5.74) is 2.49. The van der Waals surface area contributed by atoms with E-state index in [0.29, 0.717) is 22.6 Å². The smallest absolute Gasteiger partial charge is 0.238 e. The number of sulfonamides is 1. The highest BCUT2D eigenvalue weighted by Gasteiger charge is 2.21. The van der Waals surface area contributed by atoms with Gasteiger partial charge in [0.2, 0.25) is 15.9 Å². The summed E-state index contributed by atoms with van der Waals surface area (Å²) < 4.78 is 66.9. The lowest BCUT2D eigenvalue weighted by Crippen LogP contribution is -2.23. The first kappa shape index (κ1) is 23.7. The highest BCUT2D eigenvalue weighted by atomic mass is 32.2. The van der Waals surface area contributed by atoms with Crippen LogP contribution in [0.15, 0.2) is 54.9 Å². The molecule has 0 saturated heterocycles. The molecule has 2 aromatic heterocycles. The van der Waals surface area contributed by atoms with Crippen LogP contribution < -0.4 is 9.47 Å². The zero-order chi connectivity index (χ0) is 24.6. The number of benzene rings is 2. The summed E-state index contributed by atoms with van der Waals surface area (Å²) in [6.45, 7) is 0. The van der Waals surface area contributed by atoms with Crippen molar-refractivity contribution in [3.8, 4) is 28.5 Å². The molecule has 10 heteroatoms. The van der Waals surface area contributed by atoms with Gasteiger partial charge >= 0.3 is 0 Å². The van der Waals surface area contributed by atoms with Crippen molar-refractivity contribution in [2.24, 2.45) is 7.05 Å². The summed E-state index contributed by atoms with van der Waals surface area (Å²) in [7, 11) is 2.76. The number of rotatable bonds is 7. The van der Waals surface area contributed by atoms with Crippen LogP contribution in [0.2, 0.25) is 0 Å². The topological polar surface area (TPSA) is 73.7 Å². The monoisotopic (exact) mass is 487 g/mol. The quantitative estimate of drug-likeness (QED) is 0.378. The summed E-state index contributed by atoms with van der Waals surface area (Å²) >= 11 is 0. The van der Waals surface area contributed by atoms with Gasteiger partial charge in [0, 0.05) is 56.1 Å². The zero-order valence-corrected chi connectivity index (χ0v) is 19.9. The Labute approximate surface area is 196 Å². The van der Waals surface area contributed by atoms with E-state index in [2.05, 4.69) is 4.98 Å². The predicted octanol–water partition coefficient (Wildman–Crippen LogP) is 4.71. The Morgan fingerprint density at radius 2 is 1.76 bits per heavy atom. The van der Waals surface area contributed by atoms with Crippen molar-refractivity contribution in [3.05, 3.63) is 72.1 Å². The standard InChI is InChI=1S/C24H23F2N3O4S/c1-28(2)34(30,31)14-15-5-7-21(33-22-8-6-16(25)12-20(22)26)18(11-15)19-13-29(3)23-17(19)9-10-27-24(23)32-4/h5-13H,14H2,1-4H3. The van der Waals surface area contributed by atoms with Gasteiger partial charge in [-0.25, -0.2) is 26.5 Å². The molecule has 0 aliphatic rings. The van der Waals surface area contributed by atoms with Crippen LogP contribution in [0.5, 0.6) is 17.4 Å². The van der Waals surface area contributed by atoms with Gasteiger partial charge in [-0.1, -0.05) is 6.07 Å². The fourth-order valence-electron chi connectivity index (χ4n) is 3.67. The molecular formula is C24H23F2N3O4S. The normalized spacial score (nSPS) is 11.9. The van der Waals surface area contributed by atoms with E-state index in [0.717, 1.165) is 27.3 Å². The van der Waals surface area contributed by atoms with E-state index >= 15 is 0 Å². The van der Waals surface area contributed by atoms with E-state index < -0.39 is 21.7 Å². The lowest BCUT2D eigenvalue weighted by atomic mass is 10.0. The maximum Gasteiger partial charge on any atom is 0.238 e. The van der Waals surface area contributed by atoms with E-state index in [4.69, 9.17) is 9.47 Å². The number of aromatic nitrogens is 2. The molecule has 7 nitrogen and oxygen atoms in total. The Balaban J connectivity index is 1.91. The molecule has 0 atom stereocenters. The fraction of sp³-hybridized carbons (Fsp3) is 0.208. The molecule has 34 heavy (non-hydrogen) atoms. The van der Waals surface area contributed by atoms with Gasteiger partial charge in [0.1, 0.15) is 17.1 Å². The van der Waals surface area contributed by atoms with Crippen LogP contribution >= 0.6 is 0 Å². The predicted molar refractivity (Wildman–Crippen MR) is 125 cm³/mol. The van der Waals surface area contributed by atoms with Crippen molar-refractivity contribution in [2.75, 3.05) is 21.2 Å². The van der Waals surface area contributed by atoms with Gasteiger partial charge < -0.3 is 14.0 Å². The fourth-order valence-corrected chi connectivity index (χ4v) is 4.53. The number of hydrogen-bond acceptors (Lipinski definition) is 5. The molecule has 0 amide bonds. The summed E-state index contributed by atoms with van der Waals surface area (Å²) in [5.74, 6) is -1.26. The molecule has 0 aliphatic heterocycles. The number of aryl methyl sites for hydroxylation is 1. The van der Waals surface area contributed by atoms with Gasteiger partial charge in [-0.2, -0.15) is 0 Å². The van der Waals surface area contributed by atoms with Crippen molar-refractivity contribution in [1.82, 2.24) is 13.9 Å². The maximum absolute atomic E-state index is 14.3. The molecule has 4 rings (SSSR count). The Hall–Kier alpha value is -3.50. The largest absolute Gasteiger partial charge is 0.479 e. The lowest BCUT2D eigenvalue weighted by molar-refractivity contribution is 0.401. The number of pyridine rings is 1. The van der Waals surface area contributed by atoms with Crippen LogP contribution in [-0.4, -0.2) is 43.5 Å². The third-order valence-electron chi connectivity index (χ3n) is 5.40. The molecule has 0 radical (unpaired) electrons. The minimum atomic E-state index is -3.53.